The van der Waals surface area contributed by atoms with Gasteiger partial charge in [-0.05, 0) is 17.2 Å². The second-order valence-electron chi connectivity index (χ2n) is 3.77. The maximum atomic E-state index is 6.22. The number of allylic oxidation sites excluding steroid dienone is 2. The predicted molar refractivity (Wildman–Crippen MR) is 80.5 cm³/mol. The fourth-order valence-electron chi connectivity index (χ4n) is 1.53. The summed E-state index contributed by atoms with van der Waals surface area (Å²) in [5.74, 6) is 0. The Morgan fingerprint density at radius 3 is 1.94 bits per heavy atom. The van der Waals surface area contributed by atoms with Gasteiger partial charge in [0.25, 0.3) is 0 Å². The van der Waals surface area contributed by atoms with Crippen molar-refractivity contribution in [2.24, 2.45) is 0 Å². The van der Waals surface area contributed by atoms with Crippen LogP contribution in [-0.4, -0.2) is 0 Å². The first-order valence-electron chi connectivity index (χ1n) is 5.61. The maximum Gasteiger partial charge on any atom is 0.0664 e. The van der Waals surface area contributed by atoms with E-state index in [0.29, 0.717) is 10.1 Å². The highest BCUT2D eigenvalue weighted by atomic mass is 35.5. The quantitative estimate of drug-likeness (QED) is 0.644. The van der Waals surface area contributed by atoms with E-state index in [2.05, 4.69) is 0 Å². The lowest BCUT2D eigenvalue weighted by Crippen LogP contribution is -1.78. The fourth-order valence-corrected chi connectivity index (χ4v) is 1.89. The van der Waals surface area contributed by atoms with Crippen molar-refractivity contribution in [2.75, 3.05) is 0 Å². The topological polar surface area (TPSA) is 0 Å². The van der Waals surface area contributed by atoms with E-state index in [1.165, 1.54) is 0 Å². The Balaban J connectivity index is 2.21. The lowest BCUT2D eigenvalue weighted by atomic mass is 10.2. The van der Waals surface area contributed by atoms with Crippen LogP contribution >= 0.6 is 23.2 Å². The monoisotopic (exact) mass is 274 g/mol. The fraction of sp³-hybridized carbons (Fsp3) is 0. The van der Waals surface area contributed by atoms with Crippen molar-refractivity contribution in [3.63, 3.8) is 0 Å². The van der Waals surface area contributed by atoms with Crippen LogP contribution in [-0.2, 0) is 0 Å². The summed E-state index contributed by atoms with van der Waals surface area (Å²) >= 11 is 12.4. The van der Waals surface area contributed by atoms with Gasteiger partial charge in [-0.2, -0.15) is 0 Å². The second-order valence-corrected chi connectivity index (χ2v) is 4.56. The number of benzene rings is 2. The van der Waals surface area contributed by atoms with Gasteiger partial charge in [0.15, 0.2) is 0 Å². The highest BCUT2D eigenvalue weighted by Crippen LogP contribution is 2.26. The van der Waals surface area contributed by atoms with Gasteiger partial charge in [0, 0.05) is 0 Å². The summed E-state index contributed by atoms with van der Waals surface area (Å²) in [6.07, 6.45) is 3.75. The first kappa shape index (κ1) is 12.9. The summed E-state index contributed by atoms with van der Waals surface area (Å²) in [5.41, 5.74) is 2.01. The van der Waals surface area contributed by atoms with E-state index in [1.807, 2.05) is 72.8 Å². The van der Waals surface area contributed by atoms with Crippen LogP contribution in [0.3, 0.4) is 0 Å². The molecule has 0 heterocycles. The lowest BCUT2D eigenvalue weighted by Gasteiger charge is -2.00. The Morgan fingerprint density at radius 1 is 0.778 bits per heavy atom. The number of hydrogen-bond acceptors (Lipinski definition) is 0. The third kappa shape index (κ3) is 3.49. The van der Waals surface area contributed by atoms with Gasteiger partial charge in [0.2, 0.25) is 0 Å². The van der Waals surface area contributed by atoms with Crippen LogP contribution in [0.2, 0.25) is 0 Å². The van der Waals surface area contributed by atoms with Crippen LogP contribution in [0.5, 0.6) is 0 Å². The summed E-state index contributed by atoms with van der Waals surface area (Å²) in [4.78, 5) is 0. The smallest absolute Gasteiger partial charge is 0.0664 e. The largest absolute Gasteiger partial charge is 0.0827 e. The SMILES string of the molecule is ClC(C=Cc1ccccc1)=C(Cl)c1ccccc1. The molecule has 0 aliphatic heterocycles. The van der Waals surface area contributed by atoms with Gasteiger partial charge >= 0.3 is 0 Å². The predicted octanol–water partition coefficient (Wildman–Crippen LogP) is 5.55. The molecule has 2 rings (SSSR count). The average molecular weight is 275 g/mol. The van der Waals surface area contributed by atoms with Crippen LogP contribution in [0.25, 0.3) is 11.1 Å². The first-order valence-corrected chi connectivity index (χ1v) is 6.37. The molecule has 2 heteroatoms. The average Bonchev–Trinajstić information content (AvgIpc) is 2.46. The van der Waals surface area contributed by atoms with E-state index >= 15 is 0 Å². The number of hydrogen-bond donors (Lipinski definition) is 0. The summed E-state index contributed by atoms with van der Waals surface area (Å²) < 4.78 is 0. The highest BCUT2D eigenvalue weighted by molar-refractivity contribution is 6.55. The van der Waals surface area contributed by atoms with E-state index < -0.39 is 0 Å². The van der Waals surface area contributed by atoms with E-state index in [0.717, 1.165) is 11.1 Å². The van der Waals surface area contributed by atoms with Gasteiger partial charge in [0.05, 0.1) is 10.1 Å². The zero-order valence-electron chi connectivity index (χ0n) is 9.68. The Bertz CT molecular complexity index is 554. The van der Waals surface area contributed by atoms with Crippen LogP contribution in [0.1, 0.15) is 11.1 Å². The van der Waals surface area contributed by atoms with E-state index in [9.17, 15) is 0 Å². The minimum absolute atomic E-state index is 0.534. The van der Waals surface area contributed by atoms with Gasteiger partial charge in [-0.1, -0.05) is 89.9 Å². The molecular formula is C16H12Cl2. The van der Waals surface area contributed by atoms with Gasteiger partial charge in [-0.15, -0.1) is 0 Å². The summed E-state index contributed by atoms with van der Waals surface area (Å²) in [7, 11) is 0. The molecule has 0 atom stereocenters. The minimum atomic E-state index is 0.534. The number of halogens is 2. The van der Waals surface area contributed by atoms with Crippen LogP contribution in [0, 0.1) is 0 Å². The molecule has 0 aliphatic carbocycles. The Labute approximate surface area is 117 Å². The van der Waals surface area contributed by atoms with Crippen molar-refractivity contribution in [1.29, 1.82) is 0 Å². The van der Waals surface area contributed by atoms with Crippen LogP contribution in [0.15, 0.2) is 71.8 Å². The first-order chi connectivity index (χ1) is 8.77. The molecule has 0 N–H and O–H groups in total. The Kier molecular flexibility index (Phi) is 4.63. The van der Waals surface area contributed by atoms with E-state index in [1.54, 1.807) is 0 Å². The van der Waals surface area contributed by atoms with Crippen LogP contribution in [0.4, 0.5) is 0 Å². The highest BCUT2D eigenvalue weighted by Gasteiger charge is 2.01. The van der Waals surface area contributed by atoms with Crippen molar-refractivity contribution in [3.8, 4) is 0 Å². The van der Waals surface area contributed by atoms with Gasteiger partial charge in [-0.25, -0.2) is 0 Å². The summed E-state index contributed by atoms with van der Waals surface area (Å²) in [6.45, 7) is 0. The molecule has 2 aromatic carbocycles. The molecule has 0 aliphatic rings. The minimum Gasteiger partial charge on any atom is -0.0827 e. The molecule has 0 nitrogen and oxygen atoms in total. The van der Waals surface area contributed by atoms with Crippen molar-refractivity contribution in [1.82, 2.24) is 0 Å². The third-order valence-electron chi connectivity index (χ3n) is 2.46. The molecule has 2 aromatic rings. The van der Waals surface area contributed by atoms with E-state index in [4.69, 9.17) is 23.2 Å². The van der Waals surface area contributed by atoms with Gasteiger partial charge in [0.1, 0.15) is 0 Å². The maximum absolute atomic E-state index is 6.22. The zero-order valence-corrected chi connectivity index (χ0v) is 11.2. The van der Waals surface area contributed by atoms with Crippen molar-refractivity contribution in [2.45, 2.75) is 0 Å². The summed E-state index contributed by atoms with van der Waals surface area (Å²) in [6, 6.07) is 19.6. The molecule has 0 radical (unpaired) electrons. The third-order valence-corrected chi connectivity index (χ3v) is 3.29. The molecule has 90 valence electrons. The van der Waals surface area contributed by atoms with Crippen molar-refractivity contribution >= 4 is 34.3 Å². The Morgan fingerprint density at radius 2 is 1.33 bits per heavy atom. The molecule has 0 fully saturated rings. The molecule has 0 unspecified atom stereocenters. The molecule has 0 saturated heterocycles. The summed E-state index contributed by atoms with van der Waals surface area (Å²) in [5, 5.41) is 1.09. The van der Waals surface area contributed by atoms with Crippen LogP contribution < -0.4 is 0 Å². The molecular weight excluding hydrogens is 263 g/mol. The van der Waals surface area contributed by atoms with E-state index in [-0.39, 0.29) is 0 Å². The molecule has 0 amide bonds. The second kappa shape index (κ2) is 6.44. The van der Waals surface area contributed by atoms with Crippen molar-refractivity contribution in [3.05, 3.63) is 82.9 Å². The lowest BCUT2D eigenvalue weighted by molar-refractivity contribution is 1.64. The molecule has 0 aromatic heterocycles. The van der Waals surface area contributed by atoms with Gasteiger partial charge in [-0.3, -0.25) is 0 Å². The normalized spacial score (nSPS) is 12.6. The molecule has 18 heavy (non-hydrogen) atoms. The molecule has 0 spiro atoms. The zero-order chi connectivity index (χ0) is 12.8. The van der Waals surface area contributed by atoms with Crippen molar-refractivity contribution < 1.29 is 0 Å². The Hall–Kier alpha value is -1.50. The van der Waals surface area contributed by atoms with Gasteiger partial charge < -0.3 is 0 Å². The molecule has 0 saturated carbocycles. The number of rotatable bonds is 3. The molecule has 0 bridgehead atoms. The standard InChI is InChI=1S/C16H12Cl2/c17-15(12-11-13-7-3-1-4-8-13)16(18)14-9-5-2-6-10-14/h1-12H.